The van der Waals surface area contributed by atoms with Gasteiger partial charge >= 0.3 is 0 Å². The lowest BCUT2D eigenvalue weighted by Gasteiger charge is -2.19. The minimum atomic E-state index is 0.160. The van der Waals surface area contributed by atoms with Gasteiger partial charge in [0.25, 0.3) is 0 Å². The first-order chi connectivity index (χ1) is 9.76. The largest absolute Gasteiger partial charge is 0.494 e. The highest BCUT2D eigenvalue weighted by atomic mass is 16.5. The summed E-state index contributed by atoms with van der Waals surface area (Å²) in [6, 6.07) is 8.46. The monoisotopic (exact) mass is 273 g/mol. The van der Waals surface area contributed by atoms with E-state index in [1.807, 2.05) is 31.7 Å². The van der Waals surface area contributed by atoms with Gasteiger partial charge in [-0.3, -0.25) is 0 Å². The molecule has 1 heterocycles. The van der Waals surface area contributed by atoms with E-state index in [4.69, 9.17) is 4.74 Å². The molecule has 0 spiro atoms. The normalized spacial score (nSPS) is 12.3. The molecular weight excluding hydrogens is 250 g/mol. The Morgan fingerprint density at radius 1 is 1.25 bits per heavy atom. The molecule has 0 saturated carbocycles. The van der Waals surface area contributed by atoms with Crippen molar-refractivity contribution in [3.63, 3.8) is 0 Å². The summed E-state index contributed by atoms with van der Waals surface area (Å²) in [6.07, 6.45) is 4.77. The van der Waals surface area contributed by atoms with Crippen LogP contribution in [0.25, 0.3) is 0 Å². The molecule has 0 aliphatic heterocycles. The van der Waals surface area contributed by atoms with Gasteiger partial charge in [0.05, 0.1) is 30.9 Å². The molecule has 2 aromatic rings. The highest BCUT2D eigenvalue weighted by molar-refractivity contribution is 5.33. The molecule has 0 saturated heterocycles. The summed E-state index contributed by atoms with van der Waals surface area (Å²) in [6.45, 7) is 5.89. The molecule has 0 bridgehead atoms. The number of aryl methyl sites for hydroxylation is 1. The lowest BCUT2D eigenvalue weighted by Crippen LogP contribution is -2.23. The van der Waals surface area contributed by atoms with Crippen molar-refractivity contribution in [1.29, 1.82) is 0 Å². The van der Waals surface area contributed by atoms with Crippen LogP contribution in [0.4, 0.5) is 0 Å². The van der Waals surface area contributed by atoms with Crippen LogP contribution in [0.3, 0.4) is 0 Å². The minimum Gasteiger partial charge on any atom is -0.494 e. The molecule has 1 aromatic heterocycles. The number of nitrogens with one attached hydrogen (secondary N) is 1. The van der Waals surface area contributed by atoms with E-state index in [0.717, 1.165) is 31.0 Å². The van der Waals surface area contributed by atoms with Crippen molar-refractivity contribution in [3.8, 4) is 5.75 Å². The third-order valence-electron chi connectivity index (χ3n) is 3.24. The van der Waals surface area contributed by atoms with E-state index in [-0.39, 0.29) is 6.04 Å². The zero-order valence-corrected chi connectivity index (χ0v) is 12.5. The number of benzene rings is 1. The molecular formula is C16H23N3O. The number of nitrogens with zero attached hydrogens (tertiary/aromatic N) is 2. The predicted molar refractivity (Wildman–Crippen MR) is 81.0 cm³/mol. The maximum absolute atomic E-state index is 5.63. The fraction of sp³-hybridized carbons (Fsp3) is 0.438. The van der Waals surface area contributed by atoms with Crippen molar-refractivity contribution in [3.05, 3.63) is 48.0 Å². The lowest BCUT2D eigenvalue weighted by molar-refractivity contribution is 0.317. The number of rotatable bonds is 7. The first kappa shape index (κ1) is 14.6. The molecule has 1 N–H and O–H groups in total. The summed E-state index contributed by atoms with van der Waals surface area (Å²) in [4.78, 5) is 4.21. The summed E-state index contributed by atoms with van der Waals surface area (Å²) < 4.78 is 7.68. The van der Waals surface area contributed by atoms with E-state index in [9.17, 15) is 0 Å². The van der Waals surface area contributed by atoms with Crippen molar-refractivity contribution in [2.24, 2.45) is 7.05 Å². The second kappa shape index (κ2) is 7.10. The van der Waals surface area contributed by atoms with Crippen LogP contribution >= 0.6 is 0 Å². The second-order valence-corrected chi connectivity index (χ2v) is 4.84. The van der Waals surface area contributed by atoms with E-state index >= 15 is 0 Å². The molecule has 1 unspecified atom stereocenters. The van der Waals surface area contributed by atoms with Crippen LogP contribution in [0.2, 0.25) is 0 Å². The molecule has 1 aromatic carbocycles. The second-order valence-electron chi connectivity index (χ2n) is 4.84. The van der Waals surface area contributed by atoms with Gasteiger partial charge in [0.15, 0.2) is 0 Å². The average Bonchev–Trinajstić information content (AvgIpc) is 2.89. The maximum Gasteiger partial charge on any atom is 0.119 e. The fourth-order valence-corrected chi connectivity index (χ4v) is 2.22. The van der Waals surface area contributed by atoms with Gasteiger partial charge in [-0.2, -0.15) is 0 Å². The zero-order chi connectivity index (χ0) is 14.4. The smallest absolute Gasteiger partial charge is 0.119 e. The predicted octanol–water partition coefficient (Wildman–Crippen LogP) is 2.91. The van der Waals surface area contributed by atoms with Crippen LogP contribution in [-0.2, 0) is 7.05 Å². The van der Waals surface area contributed by atoms with Crippen LogP contribution in [0.5, 0.6) is 5.75 Å². The van der Waals surface area contributed by atoms with E-state index in [1.54, 1.807) is 0 Å². The Hall–Kier alpha value is -1.81. The molecule has 0 fully saturated rings. The number of imidazole rings is 1. The standard InChI is InChI=1S/C16H23N3O/c1-4-10-20-14-8-6-13(7-9-14)16(18-5-2)15-11-17-12-19(15)3/h6-9,11-12,16,18H,4-5,10H2,1-3H3. The lowest BCUT2D eigenvalue weighted by atomic mass is 10.0. The molecule has 0 aliphatic carbocycles. The van der Waals surface area contributed by atoms with Gasteiger partial charge in [-0.25, -0.2) is 4.98 Å². The molecule has 1 atom stereocenters. The van der Waals surface area contributed by atoms with Crippen molar-refractivity contribution in [2.45, 2.75) is 26.3 Å². The van der Waals surface area contributed by atoms with Crippen LogP contribution in [0.15, 0.2) is 36.8 Å². The van der Waals surface area contributed by atoms with Gasteiger partial charge in [-0.1, -0.05) is 26.0 Å². The fourth-order valence-electron chi connectivity index (χ4n) is 2.22. The van der Waals surface area contributed by atoms with Gasteiger partial charge in [-0.05, 0) is 30.7 Å². The Morgan fingerprint density at radius 2 is 2.00 bits per heavy atom. The van der Waals surface area contributed by atoms with Crippen LogP contribution in [-0.4, -0.2) is 22.7 Å². The summed E-state index contributed by atoms with van der Waals surface area (Å²) in [5.41, 5.74) is 2.38. The Bertz CT molecular complexity index is 519. The van der Waals surface area contributed by atoms with Gasteiger partial charge in [0, 0.05) is 7.05 Å². The minimum absolute atomic E-state index is 0.160. The first-order valence-electron chi connectivity index (χ1n) is 7.18. The van der Waals surface area contributed by atoms with E-state index < -0.39 is 0 Å². The van der Waals surface area contributed by atoms with Crippen molar-refractivity contribution in [1.82, 2.24) is 14.9 Å². The van der Waals surface area contributed by atoms with E-state index in [2.05, 4.69) is 40.8 Å². The SMILES string of the molecule is CCCOc1ccc(C(NCC)c2cncn2C)cc1. The quantitative estimate of drug-likeness (QED) is 0.843. The zero-order valence-electron chi connectivity index (χ0n) is 12.5. The summed E-state index contributed by atoms with van der Waals surface area (Å²) in [5.74, 6) is 0.927. The number of hydrogen-bond acceptors (Lipinski definition) is 3. The highest BCUT2D eigenvalue weighted by Crippen LogP contribution is 2.23. The maximum atomic E-state index is 5.63. The molecule has 4 heteroatoms. The summed E-state index contributed by atoms with van der Waals surface area (Å²) in [7, 11) is 2.02. The summed E-state index contributed by atoms with van der Waals surface area (Å²) >= 11 is 0. The van der Waals surface area contributed by atoms with Gasteiger partial charge in [0.1, 0.15) is 5.75 Å². The van der Waals surface area contributed by atoms with Gasteiger partial charge < -0.3 is 14.6 Å². The van der Waals surface area contributed by atoms with Gasteiger partial charge in [0.2, 0.25) is 0 Å². The van der Waals surface area contributed by atoms with Crippen molar-refractivity contribution in [2.75, 3.05) is 13.2 Å². The Labute approximate surface area is 120 Å². The number of aromatic nitrogens is 2. The molecule has 0 aliphatic rings. The first-order valence-corrected chi connectivity index (χ1v) is 7.18. The molecule has 0 radical (unpaired) electrons. The molecule has 0 amide bonds. The van der Waals surface area contributed by atoms with Crippen LogP contribution < -0.4 is 10.1 Å². The third kappa shape index (κ3) is 3.39. The number of ether oxygens (including phenoxy) is 1. The van der Waals surface area contributed by atoms with Crippen LogP contribution in [0.1, 0.15) is 37.6 Å². The molecule has 108 valence electrons. The molecule has 4 nitrogen and oxygen atoms in total. The van der Waals surface area contributed by atoms with Gasteiger partial charge in [-0.15, -0.1) is 0 Å². The summed E-state index contributed by atoms with van der Waals surface area (Å²) in [5, 5.41) is 3.50. The highest BCUT2D eigenvalue weighted by Gasteiger charge is 2.16. The Morgan fingerprint density at radius 3 is 2.55 bits per heavy atom. The van der Waals surface area contributed by atoms with Crippen molar-refractivity contribution < 1.29 is 4.74 Å². The Kier molecular flexibility index (Phi) is 5.18. The molecule has 20 heavy (non-hydrogen) atoms. The number of hydrogen-bond donors (Lipinski definition) is 1. The molecule has 2 rings (SSSR count). The third-order valence-corrected chi connectivity index (χ3v) is 3.24. The van der Waals surface area contributed by atoms with E-state index in [0.29, 0.717) is 0 Å². The van der Waals surface area contributed by atoms with E-state index in [1.165, 1.54) is 5.56 Å². The topological polar surface area (TPSA) is 39.1 Å². The Balaban J connectivity index is 2.19. The van der Waals surface area contributed by atoms with Crippen molar-refractivity contribution >= 4 is 0 Å². The van der Waals surface area contributed by atoms with Crippen LogP contribution in [0, 0.1) is 0 Å². The average molecular weight is 273 g/mol.